The van der Waals surface area contributed by atoms with Crippen LogP contribution in [0.4, 0.5) is 0 Å². The molecule has 2 rings (SSSR count). The van der Waals surface area contributed by atoms with E-state index in [9.17, 15) is 14.7 Å². The van der Waals surface area contributed by atoms with Crippen LogP contribution in [0.25, 0.3) is 5.76 Å². The SMILES string of the molecule is CC(C)(C)C(=O)C1=C([O-])c2ccccc2C1=O. The number of fused-ring (bicyclic) bond motifs is 1. The molecule has 0 bridgehead atoms. The number of hydrogen-bond acceptors (Lipinski definition) is 3. The molecule has 1 aliphatic carbocycles. The van der Waals surface area contributed by atoms with Crippen LogP contribution in [0.2, 0.25) is 0 Å². The molecule has 88 valence electrons. The van der Waals surface area contributed by atoms with Crippen LogP contribution in [0.1, 0.15) is 36.7 Å². The lowest BCUT2D eigenvalue weighted by atomic mass is 9.85. The van der Waals surface area contributed by atoms with Gasteiger partial charge in [-0.3, -0.25) is 9.59 Å². The highest BCUT2D eigenvalue weighted by Gasteiger charge is 2.34. The molecule has 0 N–H and O–H groups in total. The third-order valence-electron chi connectivity index (χ3n) is 2.78. The zero-order valence-electron chi connectivity index (χ0n) is 10.0. The number of carbonyl (C=O) groups excluding carboxylic acids is 2. The van der Waals surface area contributed by atoms with E-state index in [2.05, 4.69) is 0 Å². The summed E-state index contributed by atoms with van der Waals surface area (Å²) < 4.78 is 0. The first-order valence-corrected chi connectivity index (χ1v) is 5.44. The van der Waals surface area contributed by atoms with Gasteiger partial charge in [-0.2, -0.15) is 0 Å². The van der Waals surface area contributed by atoms with Crippen molar-refractivity contribution in [1.82, 2.24) is 0 Å². The maximum atomic E-state index is 12.1. The molecule has 3 heteroatoms. The topological polar surface area (TPSA) is 57.2 Å². The molecule has 0 heterocycles. The molecule has 0 saturated carbocycles. The van der Waals surface area contributed by atoms with Gasteiger partial charge < -0.3 is 5.11 Å². The summed E-state index contributed by atoms with van der Waals surface area (Å²) in [5, 5.41) is 12.0. The minimum absolute atomic E-state index is 0.196. The molecule has 0 amide bonds. The molecule has 1 aromatic rings. The third kappa shape index (κ3) is 1.68. The van der Waals surface area contributed by atoms with Gasteiger partial charge in [-0.05, 0) is 5.56 Å². The molecule has 1 aromatic carbocycles. The molecule has 3 nitrogen and oxygen atoms in total. The minimum Gasteiger partial charge on any atom is -0.871 e. The van der Waals surface area contributed by atoms with Crippen LogP contribution in [-0.4, -0.2) is 11.6 Å². The van der Waals surface area contributed by atoms with Gasteiger partial charge >= 0.3 is 0 Å². The Morgan fingerprint density at radius 3 is 2.12 bits per heavy atom. The first-order chi connectivity index (χ1) is 7.84. The van der Waals surface area contributed by atoms with Gasteiger partial charge in [0, 0.05) is 11.0 Å². The minimum atomic E-state index is -0.720. The fraction of sp³-hybridized carbons (Fsp3) is 0.286. The number of carbonyl (C=O) groups is 2. The van der Waals surface area contributed by atoms with Crippen molar-refractivity contribution in [1.29, 1.82) is 0 Å². The molecular weight excluding hydrogens is 216 g/mol. The van der Waals surface area contributed by atoms with E-state index in [0.717, 1.165) is 0 Å². The van der Waals surface area contributed by atoms with E-state index in [4.69, 9.17) is 0 Å². The fourth-order valence-corrected chi connectivity index (χ4v) is 1.83. The van der Waals surface area contributed by atoms with E-state index >= 15 is 0 Å². The van der Waals surface area contributed by atoms with Gasteiger partial charge in [-0.25, -0.2) is 0 Å². The van der Waals surface area contributed by atoms with Gasteiger partial charge in [0.1, 0.15) is 0 Å². The predicted molar refractivity (Wildman–Crippen MR) is 62.2 cm³/mol. The standard InChI is InChI=1S/C14H14O3/c1-14(2,3)13(17)10-11(15)8-6-4-5-7-9(8)12(10)16/h4-7,15H,1-3H3/p-1. The van der Waals surface area contributed by atoms with Gasteiger partial charge in [-0.15, -0.1) is 0 Å². The number of ketones is 2. The summed E-state index contributed by atoms with van der Waals surface area (Å²) in [5.74, 6) is -1.26. The molecule has 0 saturated heterocycles. The van der Waals surface area contributed by atoms with Crippen LogP contribution >= 0.6 is 0 Å². The Labute approximate surface area is 99.8 Å². The first-order valence-electron chi connectivity index (χ1n) is 5.44. The van der Waals surface area contributed by atoms with Crippen LogP contribution in [0.5, 0.6) is 0 Å². The molecule has 0 atom stereocenters. The zero-order valence-corrected chi connectivity index (χ0v) is 10.0. The number of Topliss-reactive ketones (excluding diaryl/α,β-unsaturated/α-hetero) is 2. The van der Waals surface area contributed by atoms with Crippen molar-refractivity contribution >= 4 is 17.3 Å². The van der Waals surface area contributed by atoms with Gasteiger partial charge in [0.25, 0.3) is 0 Å². The van der Waals surface area contributed by atoms with Crippen LogP contribution in [-0.2, 0) is 4.79 Å². The largest absolute Gasteiger partial charge is 0.871 e. The molecule has 0 fully saturated rings. The van der Waals surface area contributed by atoms with Crippen molar-refractivity contribution in [3.05, 3.63) is 41.0 Å². The second-order valence-corrected chi connectivity index (χ2v) is 5.16. The van der Waals surface area contributed by atoms with E-state index in [0.29, 0.717) is 11.1 Å². The average Bonchev–Trinajstić information content (AvgIpc) is 2.51. The van der Waals surface area contributed by atoms with Gasteiger partial charge in [0.15, 0.2) is 11.6 Å². The Bertz CT molecular complexity index is 545. The lowest BCUT2D eigenvalue weighted by Gasteiger charge is -2.19. The predicted octanol–water partition coefficient (Wildman–Crippen LogP) is 1.57. The molecule has 17 heavy (non-hydrogen) atoms. The van der Waals surface area contributed by atoms with Crippen molar-refractivity contribution in [2.24, 2.45) is 5.41 Å². The molecule has 0 aromatic heterocycles. The number of benzene rings is 1. The lowest BCUT2D eigenvalue weighted by molar-refractivity contribution is -0.244. The smallest absolute Gasteiger partial charge is 0.196 e. The number of allylic oxidation sites excluding steroid dienone is 1. The Kier molecular flexibility index (Phi) is 2.42. The van der Waals surface area contributed by atoms with Crippen LogP contribution in [0.15, 0.2) is 29.8 Å². The lowest BCUT2D eigenvalue weighted by Crippen LogP contribution is -2.26. The molecule has 1 aliphatic rings. The summed E-state index contributed by atoms with van der Waals surface area (Å²) in [6.07, 6.45) is 0. The van der Waals surface area contributed by atoms with E-state index in [1.807, 2.05) is 0 Å². The van der Waals surface area contributed by atoms with Crippen molar-refractivity contribution in [2.45, 2.75) is 20.8 Å². The highest BCUT2D eigenvalue weighted by molar-refractivity contribution is 6.34. The Hall–Kier alpha value is -1.90. The van der Waals surface area contributed by atoms with E-state index in [1.54, 1.807) is 45.0 Å². The molecule has 0 spiro atoms. The first kappa shape index (κ1) is 11.6. The maximum absolute atomic E-state index is 12.1. The van der Waals surface area contributed by atoms with Crippen molar-refractivity contribution in [3.63, 3.8) is 0 Å². The van der Waals surface area contributed by atoms with Crippen molar-refractivity contribution < 1.29 is 14.7 Å². The second-order valence-electron chi connectivity index (χ2n) is 5.16. The highest BCUT2D eigenvalue weighted by atomic mass is 16.3. The third-order valence-corrected chi connectivity index (χ3v) is 2.78. The van der Waals surface area contributed by atoms with Crippen molar-refractivity contribution in [2.75, 3.05) is 0 Å². The molecule has 0 radical (unpaired) electrons. The Morgan fingerprint density at radius 2 is 1.65 bits per heavy atom. The normalized spacial score (nSPS) is 15.1. The van der Waals surface area contributed by atoms with E-state index < -0.39 is 17.0 Å². The van der Waals surface area contributed by atoms with Crippen LogP contribution < -0.4 is 5.11 Å². The summed E-state index contributed by atoms with van der Waals surface area (Å²) in [4.78, 5) is 24.1. The maximum Gasteiger partial charge on any atom is 0.196 e. The van der Waals surface area contributed by atoms with Gasteiger partial charge in [0.05, 0.1) is 5.57 Å². The summed E-state index contributed by atoms with van der Waals surface area (Å²) in [5.41, 5.74) is -0.239. The van der Waals surface area contributed by atoms with Crippen LogP contribution in [0.3, 0.4) is 0 Å². The average molecular weight is 229 g/mol. The second kappa shape index (κ2) is 3.55. The number of hydrogen-bond donors (Lipinski definition) is 0. The molecule has 0 unspecified atom stereocenters. The van der Waals surface area contributed by atoms with Crippen molar-refractivity contribution in [3.8, 4) is 0 Å². The quantitative estimate of drug-likeness (QED) is 0.687. The van der Waals surface area contributed by atoms with E-state index in [1.165, 1.54) is 0 Å². The number of rotatable bonds is 1. The molecular formula is C14H13O3-. The summed E-state index contributed by atoms with van der Waals surface area (Å²) in [6.45, 7) is 5.10. The Morgan fingerprint density at radius 1 is 1.12 bits per heavy atom. The van der Waals surface area contributed by atoms with Gasteiger partial charge in [0.2, 0.25) is 0 Å². The summed E-state index contributed by atoms with van der Waals surface area (Å²) in [7, 11) is 0. The zero-order chi connectivity index (χ0) is 12.8. The summed E-state index contributed by atoms with van der Waals surface area (Å²) in [6, 6.07) is 6.54. The monoisotopic (exact) mass is 229 g/mol. The fourth-order valence-electron chi connectivity index (χ4n) is 1.83. The van der Waals surface area contributed by atoms with Crippen LogP contribution in [0, 0.1) is 5.41 Å². The molecule has 0 aliphatic heterocycles. The Balaban J connectivity index is 2.57. The summed E-state index contributed by atoms with van der Waals surface area (Å²) >= 11 is 0. The van der Waals surface area contributed by atoms with Gasteiger partial charge in [-0.1, -0.05) is 50.8 Å². The van der Waals surface area contributed by atoms with E-state index in [-0.39, 0.29) is 11.4 Å². The highest BCUT2D eigenvalue weighted by Crippen LogP contribution is 2.33.